The second-order valence-corrected chi connectivity index (χ2v) is 6.87. The summed E-state index contributed by atoms with van der Waals surface area (Å²) in [6.07, 6.45) is 1.13. The van der Waals surface area contributed by atoms with Gasteiger partial charge in [-0.2, -0.15) is 0 Å². The van der Waals surface area contributed by atoms with E-state index in [0.29, 0.717) is 28.9 Å². The molecule has 1 saturated heterocycles. The largest absolute Gasteiger partial charge is 0.364 e. The minimum absolute atomic E-state index is 0.226. The highest BCUT2D eigenvalue weighted by Gasteiger charge is 2.32. The Labute approximate surface area is 132 Å². The molecule has 1 aliphatic rings. The van der Waals surface area contributed by atoms with E-state index in [2.05, 4.69) is 37.9 Å². The van der Waals surface area contributed by atoms with Crippen LogP contribution in [0.4, 0.5) is 10.1 Å². The van der Waals surface area contributed by atoms with Crippen molar-refractivity contribution in [3.63, 3.8) is 0 Å². The maximum Gasteiger partial charge on any atom is 0.125 e. The van der Waals surface area contributed by atoms with Crippen LogP contribution < -0.4 is 10.2 Å². The number of nitrogens with one attached hydrogen (secondary N) is 1. The summed E-state index contributed by atoms with van der Waals surface area (Å²) < 4.78 is 13.7. The highest BCUT2D eigenvalue weighted by atomic mass is 35.5. The lowest BCUT2D eigenvalue weighted by atomic mass is 9.91. The predicted octanol–water partition coefficient (Wildman–Crippen LogP) is 4.33. The number of piperazine rings is 1. The molecule has 0 saturated carbocycles. The Bertz CT molecular complexity index is 478. The Morgan fingerprint density at radius 3 is 2.71 bits per heavy atom. The van der Waals surface area contributed by atoms with Gasteiger partial charge in [-0.05, 0) is 30.0 Å². The van der Waals surface area contributed by atoms with Crippen molar-refractivity contribution in [2.24, 2.45) is 11.8 Å². The summed E-state index contributed by atoms with van der Waals surface area (Å²) in [7, 11) is 0. The molecule has 0 bridgehead atoms. The molecule has 1 N–H and O–H groups in total. The van der Waals surface area contributed by atoms with E-state index in [9.17, 15) is 4.39 Å². The van der Waals surface area contributed by atoms with Gasteiger partial charge >= 0.3 is 0 Å². The fraction of sp³-hybridized carbons (Fsp3) is 0.647. The lowest BCUT2D eigenvalue weighted by Gasteiger charge is -2.45. The first-order chi connectivity index (χ1) is 9.93. The van der Waals surface area contributed by atoms with Crippen LogP contribution >= 0.6 is 11.6 Å². The second kappa shape index (κ2) is 6.97. The number of rotatable bonds is 4. The Morgan fingerprint density at radius 1 is 1.38 bits per heavy atom. The summed E-state index contributed by atoms with van der Waals surface area (Å²) in [5.41, 5.74) is 0.824. The van der Waals surface area contributed by atoms with Gasteiger partial charge in [0.15, 0.2) is 0 Å². The first kappa shape index (κ1) is 16.6. The molecular formula is C17H26ClFN2. The van der Waals surface area contributed by atoms with Crippen LogP contribution in [0.3, 0.4) is 0 Å². The standard InChI is InChI=1S/C17H26ClFN2/c1-5-12(4)15-10-21(17(9-20-15)11(2)3)16-8-13(19)6-7-14(16)18/h6-8,11-12,15,17,20H,5,9-10H2,1-4H3. The highest BCUT2D eigenvalue weighted by Crippen LogP contribution is 2.32. The van der Waals surface area contributed by atoms with E-state index in [4.69, 9.17) is 11.6 Å². The molecule has 3 atom stereocenters. The van der Waals surface area contributed by atoms with Gasteiger partial charge in [-0.1, -0.05) is 45.7 Å². The van der Waals surface area contributed by atoms with Crippen molar-refractivity contribution in [2.45, 2.75) is 46.2 Å². The summed E-state index contributed by atoms with van der Waals surface area (Å²) >= 11 is 6.33. The molecule has 0 radical (unpaired) electrons. The Kier molecular flexibility index (Phi) is 5.50. The molecule has 0 aromatic heterocycles. The molecule has 1 heterocycles. The number of benzene rings is 1. The number of halogens is 2. The topological polar surface area (TPSA) is 15.3 Å². The average molecular weight is 313 g/mol. The van der Waals surface area contributed by atoms with Gasteiger partial charge in [-0.3, -0.25) is 0 Å². The average Bonchev–Trinajstić information content (AvgIpc) is 2.48. The highest BCUT2D eigenvalue weighted by molar-refractivity contribution is 6.33. The second-order valence-electron chi connectivity index (χ2n) is 6.46. The molecule has 3 unspecified atom stereocenters. The zero-order chi connectivity index (χ0) is 15.6. The third-order valence-corrected chi connectivity index (χ3v) is 5.02. The molecule has 118 valence electrons. The Morgan fingerprint density at radius 2 is 2.10 bits per heavy atom. The molecule has 2 nitrogen and oxygen atoms in total. The van der Waals surface area contributed by atoms with Gasteiger partial charge in [-0.25, -0.2) is 4.39 Å². The first-order valence-corrected chi connectivity index (χ1v) is 8.26. The SMILES string of the molecule is CCC(C)C1CN(c2cc(F)ccc2Cl)C(C(C)C)CN1. The van der Waals surface area contributed by atoms with Crippen molar-refractivity contribution in [3.8, 4) is 0 Å². The molecule has 2 rings (SSSR count). The molecule has 1 aliphatic heterocycles. The fourth-order valence-corrected chi connectivity index (χ4v) is 3.26. The summed E-state index contributed by atoms with van der Waals surface area (Å²) in [5, 5.41) is 4.29. The van der Waals surface area contributed by atoms with Gasteiger partial charge in [0.25, 0.3) is 0 Å². The van der Waals surface area contributed by atoms with Crippen LogP contribution in [0.15, 0.2) is 18.2 Å². The lowest BCUT2D eigenvalue weighted by Crippen LogP contribution is -2.60. The van der Waals surface area contributed by atoms with E-state index in [1.807, 2.05) is 0 Å². The molecular weight excluding hydrogens is 287 g/mol. The van der Waals surface area contributed by atoms with E-state index < -0.39 is 0 Å². The maximum absolute atomic E-state index is 13.7. The minimum atomic E-state index is -0.226. The summed E-state index contributed by atoms with van der Waals surface area (Å²) in [6.45, 7) is 10.7. The fourth-order valence-electron chi connectivity index (χ4n) is 3.04. The third-order valence-electron chi connectivity index (χ3n) is 4.70. The van der Waals surface area contributed by atoms with Crippen molar-refractivity contribution < 1.29 is 4.39 Å². The van der Waals surface area contributed by atoms with Crippen molar-refractivity contribution >= 4 is 17.3 Å². The van der Waals surface area contributed by atoms with Crippen LogP contribution in [0.25, 0.3) is 0 Å². The van der Waals surface area contributed by atoms with E-state index in [0.717, 1.165) is 25.2 Å². The molecule has 1 fully saturated rings. The van der Waals surface area contributed by atoms with Crippen LogP contribution in [-0.4, -0.2) is 25.2 Å². The zero-order valence-corrected chi connectivity index (χ0v) is 14.1. The van der Waals surface area contributed by atoms with Gasteiger partial charge in [-0.15, -0.1) is 0 Å². The van der Waals surface area contributed by atoms with Gasteiger partial charge in [0, 0.05) is 25.2 Å². The van der Waals surface area contributed by atoms with Gasteiger partial charge in [0.2, 0.25) is 0 Å². The van der Waals surface area contributed by atoms with Crippen molar-refractivity contribution in [1.29, 1.82) is 0 Å². The van der Waals surface area contributed by atoms with Crippen molar-refractivity contribution in [2.75, 3.05) is 18.0 Å². The van der Waals surface area contributed by atoms with Gasteiger partial charge in [0.1, 0.15) is 5.82 Å². The minimum Gasteiger partial charge on any atom is -0.364 e. The van der Waals surface area contributed by atoms with E-state index >= 15 is 0 Å². The molecule has 1 aromatic carbocycles. The smallest absolute Gasteiger partial charge is 0.125 e. The number of hydrogen-bond donors (Lipinski definition) is 1. The van der Waals surface area contributed by atoms with Crippen LogP contribution in [0.1, 0.15) is 34.1 Å². The predicted molar refractivity (Wildman–Crippen MR) is 88.6 cm³/mol. The Hall–Kier alpha value is -0.800. The summed E-state index contributed by atoms with van der Waals surface area (Å²) in [5.74, 6) is 0.846. The monoisotopic (exact) mass is 312 g/mol. The van der Waals surface area contributed by atoms with E-state index in [1.165, 1.54) is 6.07 Å². The van der Waals surface area contributed by atoms with Crippen LogP contribution in [0, 0.1) is 17.7 Å². The zero-order valence-electron chi connectivity index (χ0n) is 13.4. The van der Waals surface area contributed by atoms with Crippen LogP contribution in [0.5, 0.6) is 0 Å². The van der Waals surface area contributed by atoms with Crippen LogP contribution in [-0.2, 0) is 0 Å². The third kappa shape index (κ3) is 3.70. The number of nitrogens with zero attached hydrogens (tertiary/aromatic N) is 1. The molecule has 0 spiro atoms. The normalized spacial score (nSPS) is 24.4. The lowest BCUT2D eigenvalue weighted by molar-refractivity contribution is 0.281. The maximum atomic E-state index is 13.7. The molecule has 0 aliphatic carbocycles. The van der Waals surface area contributed by atoms with E-state index in [-0.39, 0.29) is 5.82 Å². The molecule has 0 amide bonds. The van der Waals surface area contributed by atoms with Gasteiger partial charge in [0.05, 0.1) is 10.7 Å². The number of anilines is 1. The summed E-state index contributed by atoms with van der Waals surface area (Å²) in [6, 6.07) is 5.40. The summed E-state index contributed by atoms with van der Waals surface area (Å²) in [4.78, 5) is 2.30. The molecule has 21 heavy (non-hydrogen) atoms. The van der Waals surface area contributed by atoms with Gasteiger partial charge < -0.3 is 10.2 Å². The van der Waals surface area contributed by atoms with E-state index in [1.54, 1.807) is 12.1 Å². The number of hydrogen-bond acceptors (Lipinski definition) is 2. The Balaban J connectivity index is 2.31. The molecule has 1 aromatic rings. The quantitative estimate of drug-likeness (QED) is 0.890. The van der Waals surface area contributed by atoms with Crippen LogP contribution in [0.2, 0.25) is 5.02 Å². The molecule has 4 heteroatoms. The first-order valence-electron chi connectivity index (χ1n) is 7.89. The van der Waals surface area contributed by atoms with Crippen molar-refractivity contribution in [1.82, 2.24) is 5.32 Å². The van der Waals surface area contributed by atoms with Crippen molar-refractivity contribution in [3.05, 3.63) is 29.0 Å².